The molecule has 0 aromatic heterocycles. The molecule has 1 fully saturated rings. The van der Waals surface area contributed by atoms with E-state index in [1.165, 1.54) is 5.56 Å². The lowest BCUT2D eigenvalue weighted by Gasteiger charge is -2.35. The number of carbonyl (C=O) groups excluding carboxylic acids is 2. The Hall–Kier alpha value is -2.62. The Kier molecular flexibility index (Phi) is 4.49. The molecule has 0 spiro atoms. The van der Waals surface area contributed by atoms with Gasteiger partial charge >= 0.3 is 0 Å². The summed E-state index contributed by atoms with van der Waals surface area (Å²) < 4.78 is 0. The van der Waals surface area contributed by atoms with Gasteiger partial charge in [0.25, 0.3) is 0 Å². The summed E-state index contributed by atoms with van der Waals surface area (Å²) in [6.45, 7) is 3.27. The first-order valence-corrected chi connectivity index (χ1v) is 9.49. The number of para-hydroxylation sites is 1. The summed E-state index contributed by atoms with van der Waals surface area (Å²) >= 11 is 0. The molecule has 4 heteroatoms. The molecule has 2 amide bonds. The Bertz CT molecular complexity index is 846. The first-order chi connectivity index (χ1) is 12.7. The third-order valence-corrected chi connectivity index (χ3v) is 5.42. The lowest BCUT2D eigenvalue weighted by molar-refractivity contribution is -0.137. The van der Waals surface area contributed by atoms with E-state index in [1.54, 1.807) is 4.90 Å². The summed E-state index contributed by atoms with van der Waals surface area (Å²) in [5.41, 5.74) is 4.39. The number of likely N-dealkylation sites (tertiary alicyclic amines) is 1. The van der Waals surface area contributed by atoms with Crippen LogP contribution < -0.4 is 4.90 Å². The fourth-order valence-electron chi connectivity index (χ4n) is 4.17. The molecule has 26 heavy (non-hydrogen) atoms. The highest BCUT2D eigenvalue weighted by Gasteiger charge is 2.38. The maximum atomic E-state index is 13.4. The summed E-state index contributed by atoms with van der Waals surface area (Å²) in [4.78, 5) is 29.5. The van der Waals surface area contributed by atoms with Crippen molar-refractivity contribution in [2.45, 2.75) is 45.2 Å². The molecule has 0 bridgehead atoms. The Morgan fingerprint density at radius 3 is 2.58 bits per heavy atom. The van der Waals surface area contributed by atoms with E-state index in [4.69, 9.17) is 0 Å². The fourth-order valence-corrected chi connectivity index (χ4v) is 4.17. The quantitative estimate of drug-likeness (QED) is 0.841. The predicted octanol–water partition coefficient (Wildman–Crippen LogP) is 3.99. The Balaban J connectivity index is 1.68. The number of carbonyl (C=O) groups is 2. The first-order valence-electron chi connectivity index (χ1n) is 9.49. The summed E-state index contributed by atoms with van der Waals surface area (Å²) in [5, 5.41) is 0. The highest BCUT2D eigenvalue weighted by atomic mass is 16.2. The van der Waals surface area contributed by atoms with Crippen LogP contribution in [0.1, 0.15) is 38.2 Å². The van der Waals surface area contributed by atoms with Crippen molar-refractivity contribution >= 4 is 17.5 Å². The molecular weight excluding hydrogens is 324 g/mol. The number of rotatable bonds is 3. The zero-order valence-corrected chi connectivity index (χ0v) is 15.1. The molecule has 0 saturated carbocycles. The van der Waals surface area contributed by atoms with E-state index in [2.05, 4.69) is 18.2 Å². The maximum Gasteiger partial charge on any atom is 0.250 e. The maximum absolute atomic E-state index is 13.4. The van der Waals surface area contributed by atoms with Crippen LogP contribution >= 0.6 is 0 Å². The van der Waals surface area contributed by atoms with Crippen LogP contribution in [-0.2, 0) is 16.1 Å². The van der Waals surface area contributed by atoms with E-state index in [9.17, 15) is 9.59 Å². The third kappa shape index (κ3) is 2.79. The lowest BCUT2D eigenvalue weighted by atomic mass is 9.93. The van der Waals surface area contributed by atoms with Gasteiger partial charge in [-0.25, -0.2) is 0 Å². The van der Waals surface area contributed by atoms with Gasteiger partial charge in [-0.05, 0) is 36.5 Å². The van der Waals surface area contributed by atoms with Crippen LogP contribution in [0.2, 0.25) is 0 Å². The van der Waals surface area contributed by atoms with Gasteiger partial charge in [0, 0.05) is 18.5 Å². The summed E-state index contributed by atoms with van der Waals surface area (Å²) in [5.74, 6) is 0.156. The monoisotopic (exact) mass is 348 g/mol. The average Bonchev–Trinajstić information content (AvgIpc) is 3.17. The molecule has 0 N–H and O–H groups in total. The molecule has 0 aliphatic carbocycles. The molecule has 2 aliphatic heterocycles. The lowest BCUT2D eigenvalue weighted by Crippen LogP contribution is -2.48. The predicted molar refractivity (Wildman–Crippen MR) is 103 cm³/mol. The zero-order chi connectivity index (χ0) is 18.1. The van der Waals surface area contributed by atoms with Crippen LogP contribution in [0.4, 0.5) is 5.69 Å². The molecule has 4 rings (SSSR count). The van der Waals surface area contributed by atoms with Crippen LogP contribution in [-0.4, -0.2) is 29.3 Å². The number of amides is 2. The number of hydrogen-bond donors (Lipinski definition) is 0. The fraction of sp³-hybridized carbons (Fsp3) is 0.364. The number of hydrogen-bond acceptors (Lipinski definition) is 2. The van der Waals surface area contributed by atoms with Crippen molar-refractivity contribution in [3.8, 4) is 11.1 Å². The van der Waals surface area contributed by atoms with Gasteiger partial charge in [-0.2, -0.15) is 0 Å². The van der Waals surface area contributed by atoms with Gasteiger partial charge < -0.3 is 9.80 Å². The second-order valence-electron chi connectivity index (χ2n) is 7.09. The minimum atomic E-state index is -0.327. The van der Waals surface area contributed by atoms with E-state index in [0.29, 0.717) is 19.5 Å². The molecule has 2 heterocycles. The van der Waals surface area contributed by atoms with Gasteiger partial charge in [0.05, 0.1) is 12.2 Å². The van der Waals surface area contributed by atoms with Gasteiger partial charge in [-0.1, -0.05) is 49.4 Å². The summed E-state index contributed by atoms with van der Waals surface area (Å²) in [6.07, 6.45) is 2.99. The highest BCUT2D eigenvalue weighted by Crippen LogP contribution is 2.39. The third-order valence-electron chi connectivity index (χ3n) is 5.42. The normalized spacial score (nSPS) is 18.4. The Morgan fingerprint density at radius 2 is 1.77 bits per heavy atom. The van der Waals surface area contributed by atoms with Gasteiger partial charge in [-0.3, -0.25) is 9.59 Å². The standard InChI is InChI=1S/C22H24N2O2/c1-2-8-21(25)23-14-7-13-20(23)22(26)24-15-16-9-3-4-10-17(16)18-11-5-6-12-19(18)24/h3-6,9-12,20H,2,7-8,13-15H2,1H3. The summed E-state index contributed by atoms with van der Waals surface area (Å²) in [7, 11) is 0. The van der Waals surface area contributed by atoms with Crippen LogP contribution in [0.15, 0.2) is 48.5 Å². The molecule has 2 aromatic carbocycles. The van der Waals surface area contributed by atoms with Crippen molar-refractivity contribution in [2.24, 2.45) is 0 Å². The van der Waals surface area contributed by atoms with Crippen molar-refractivity contribution in [3.63, 3.8) is 0 Å². The minimum Gasteiger partial charge on any atom is -0.331 e. The van der Waals surface area contributed by atoms with Crippen LogP contribution in [0.5, 0.6) is 0 Å². The molecule has 2 aromatic rings. The number of fused-ring (bicyclic) bond motifs is 3. The van der Waals surface area contributed by atoms with E-state index in [1.807, 2.05) is 42.2 Å². The van der Waals surface area contributed by atoms with Crippen LogP contribution in [0, 0.1) is 0 Å². The van der Waals surface area contributed by atoms with Crippen molar-refractivity contribution in [2.75, 3.05) is 11.4 Å². The van der Waals surface area contributed by atoms with Crippen LogP contribution in [0.3, 0.4) is 0 Å². The molecule has 1 unspecified atom stereocenters. The molecule has 4 nitrogen and oxygen atoms in total. The van der Waals surface area contributed by atoms with E-state index >= 15 is 0 Å². The van der Waals surface area contributed by atoms with E-state index in [-0.39, 0.29) is 17.9 Å². The largest absolute Gasteiger partial charge is 0.331 e. The molecule has 134 valence electrons. The van der Waals surface area contributed by atoms with Gasteiger partial charge in [0.2, 0.25) is 11.8 Å². The van der Waals surface area contributed by atoms with Gasteiger partial charge in [0.15, 0.2) is 0 Å². The van der Waals surface area contributed by atoms with Crippen molar-refractivity contribution < 1.29 is 9.59 Å². The molecular formula is C22H24N2O2. The molecule has 0 radical (unpaired) electrons. The van der Waals surface area contributed by atoms with Crippen molar-refractivity contribution in [1.29, 1.82) is 0 Å². The number of benzene rings is 2. The Labute approximate surface area is 154 Å². The van der Waals surface area contributed by atoms with Crippen molar-refractivity contribution in [3.05, 3.63) is 54.1 Å². The van der Waals surface area contributed by atoms with E-state index in [0.717, 1.165) is 36.1 Å². The second-order valence-corrected chi connectivity index (χ2v) is 7.09. The smallest absolute Gasteiger partial charge is 0.250 e. The first kappa shape index (κ1) is 16.8. The Morgan fingerprint density at radius 1 is 1.04 bits per heavy atom. The number of nitrogens with zero attached hydrogens (tertiary/aromatic N) is 2. The minimum absolute atomic E-state index is 0.0499. The SMILES string of the molecule is CCCC(=O)N1CCCC1C(=O)N1Cc2ccccc2-c2ccccc21. The highest BCUT2D eigenvalue weighted by molar-refractivity contribution is 6.04. The average molecular weight is 348 g/mol. The molecule has 1 saturated heterocycles. The zero-order valence-electron chi connectivity index (χ0n) is 15.1. The van der Waals surface area contributed by atoms with Gasteiger partial charge in [0.1, 0.15) is 6.04 Å². The molecule has 1 atom stereocenters. The summed E-state index contributed by atoms with van der Waals surface area (Å²) in [6, 6.07) is 16.0. The second kappa shape index (κ2) is 6.94. The van der Waals surface area contributed by atoms with E-state index < -0.39 is 0 Å². The van der Waals surface area contributed by atoms with Crippen LogP contribution in [0.25, 0.3) is 11.1 Å². The van der Waals surface area contributed by atoms with Gasteiger partial charge in [-0.15, -0.1) is 0 Å². The van der Waals surface area contributed by atoms with Crippen molar-refractivity contribution in [1.82, 2.24) is 4.90 Å². The molecule has 2 aliphatic rings. The number of anilines is 1. The topological polar surface area (TPSA) is 40.6 Å².